The molecule has 1 aliphatic carbocycles. The van der Waals surface area contributed by atoms with Crippen LogP contribution in [0.2, 0.25) is 0 Å². The standard InChI is InChI=1S/C12H10N2O5S/c15-12-10-2-1-3-11(10)13(12)20(18,19)9-6-4-8(5-7-9)14(16)17/h1,3-7,10-11H,2H2/t10-,11+/m0/s1. The van der Waals surface area contributed by atoms with Crippen LogP contribution in [0, 0.1) is 16.0 Å². The van der Waals surface area contributed by atoms with E-state index in [1.807, 2.05) is 0 Å². The molecule has 0 aromatic heterocycles. The molecule has 2 atom stereocenters. The van der Waals surface area contributed by atoms with Crippen LogP contribution in [0.5, 0.6) is 0 Å². The molecule has 0 radical (unpaired) electrons. The average Bonchev–Trinajstić information content (AvgIpc) is 2.82. The molecular weight excluding hydrogens is 284 g/mol. The molecule has 0 spiro atoms. The quantitative estimate of drug-likeness (QED) is 0.359. The van der Waals surface area contributed by atoms with Crippen molar-refractivity contribution in [2.45, 2.75) is 17.4 Å². The number of benzene rings is 1. The van der Waals surface area contributed by atoms with Gasteiger partial charge in [0.25, 0.3) is 15.7 Å². The average molecular weight is 294 g/mol. The third-order valence-electron chi connectivity index (χ3n) is 3.55. The van der Waals surface area contributed by atoms with E-state index in [0.717, 1.165) is 28.6 Å². The Bertz CT molecular complexity index is 723. The number of nitrogens with zero attached hydrogens (tertiary/aromatic N) is 2. The summed E-state index contributed by atoms with van der Waals surface area (Å²) in [5, 5.41) is 10.5. The van der Waals surface area contributed by atoms with E-state index in [1.54, 1.807) is 12.2 Å². The van der Waals surface area contributed by atoms with Crippen LogP contribution in [0.1, 0.15) is 6.42 Å². The molecule has 104 valence electrons. The van der Waals surface area contributed by atoms with Crippen molar-refractivity contribution in [2.24, 2.45) is 5.92 Å². The summed E-state index contributed by atoms with van der Waals surface area (Å²) in [6.45, 7) is 0. The first-order valence-electron chi connectivity index (χ1n) is 5.92. The maximum Gasteiger partial charge on any atom is 0.269 e. The Balaban J connectivity index is 1.94. The molecule has 0 saturated carbocycles. The molecular formula is C12H10N2O5S. The molecule has 1 aromatic carbocycles. The lowest BCUT2D eigenvalue weighted by atomic mass is 9.94. The normalized spacial score (nSPS) is 24.4. The number of sulfonamides is 1. The predicted octanol–water partition coefficient (Wildman–Crippen LogP) is 1.07. The SMILES string of the molecule is O=C1[C@H]2CC=C[C@H]2N1S(=O)(=O)c1ccc([N+](=O)[O-])cc1. The predicted molar refractivity (Wildman–Crippen MR) is 68.2 cm³/mol. The fourth-order valence-corrected chi connectivity index (χ4v) is 4.10. The van der Waals surface area contributed by atoms with E-state index in [9.17, 15) is 23.3 Å². The summed E-state index contributed by atoms with van der Waals surface area (Å²) in [6.07, 6.45) is 4.06. The molecule has 0 unspecified atom stereocenters. The highest BCUT2D eigenvalue weighted by molar-refractivity contribution is 7.89. The first kappa shape index (κ1) is 12.8. The molecule has 2 aliphatic rings. The van der Waals surface area contributed by atoms with Gasteiger partial charge in [-0.2, -0.15) is 0 Å². The zero-order valence-electron chi connectivity index (χ0n) is 10.2. The smallest absolute Gasteiger partial charge is 0.269 e. The minimum absolute atomic E-state index is 0.116. The minimum Gasteiger partial charge on any atom is -0.273 e. The van der Waals surface area contributed by atoms with Gasteiger partial charge < -0.3 is 0 Å². The summed E-state index contributed by atoms with van der Waals surface area (Å²) in [4.78, 5) is 21.7. The van der Waals surface area contributed by atoms with Crippen molar-refractivity contribution >= 4 is 21.6 Å². The second kappa shape index (κ2) is 4.14. The monoisotopic (exact) mass is 294 g/mol. The molecule has 1 saturated heterocycles. The second-order valence-corrected chi connectivity index (χ2v) is 6.47. The number of rotatable bonds is 3. The Kier molecular flexibility index (Phi) is 2.65. The van der Waals surface area contributed by atoms with E-state index < -0.39 is 26.9 Å². The summed E-state index contributed by atoms with van der Waals surface area (Å²) >= 11 is 0. The maximum absolute atomic E-state index is 12.4. The zero-order valence-corrected chi connectivity index (χ0v) is 11.0. The van der Waals surface area contributed by atoms with Gasteiger partial charge in [0.2, 0.25) is 5.91 Å². The van der Waals surface area contributed by atoms with Crippen LogP contribution >= 0.6 is 0 Å². The van der Waals surface area contributed by atoms with E-state index in [4.69, 9.17) is 0 Å². The highest BCUT2D eigenvalue weighted by atomic mass is 32.2. The number of hydrogen-bond donors (Lipinski definition) is 0. The van der Waals surface area contributed by atoms with E-state index >= 15 is 0 Å². The van der Waals surface area contributed by atoms with Crippen LogP contribution in [0.25, 0.3) is 0 Å². The second-order valence-electron chi connectivity index (χ2n) is 4.65. The number of amides is 1. The summed E-state index contributed by atoms with van der Waals surface area (Å²) in [7, 11) is -3.94. The third-order valence-corrected chi connectivity index (χ3v) is 5.35. The van der Waals surface area contributed by atoms with E-state index in [-0.39, 0.29) is 16.5 Å². The third kappa shape index (κ3) is 1.64. The van der Waals surface area contributed by atoms with Crippen molar-refractivity contribution < 1.29 is 18.1 Å². The van der Waals surface area contributed by atoms with Gasteiger partial charge in [-0.1, -0.05) is 12.2 Å². The molecule has 20 heavy (non-hydrogen) atoms. The summed E-state index contributed by atoms with van der Waals surface area (Å²) < 4.78 is 25.5. The van der Waals surface area contributed by atoms with Gasteiger partial charge >= 0.3 is 0 Å². The minimum atomic E-state index is -3.94. The molecule has 1 fully saturated rings. The van der Waals surface area contributed by atoms with Crippen LogP contribution < -0.4 is 0 Å². The van der Waals surface area contributed by atoms with Crippen LogP contribution in [0.15, 0.2) is 41.3 Å². The van der Waals surface area contributed by atoms with Gasteiger partial charge in [0.1, 0.15) is 0 Å². The van der Waals surface area contributed by atoms with Gasteiger partial charge in [0, 0.05) is 12.1 Å². The van der Waals surface area contributed by atoms with Crippen LogP contribution in [0.3, 0.4) is 0 Å². The number of nitro benzene ring substituents is 1. The van der Waals surface area contributed by atoms with Crippen molar-refractivity contribution in [3.05, 3.63) is 46.5 Å². The molecule has 1 heterocycles. The summed E-state index contributed by atoms with van der Waals surface area (Å²) in [6, 6.07) is 4.10. The Morgan fingerprint density at radius 3 is 2.50 bits per heavy atom. The molecule has 1 amide bonds. The Hall–Kier alpha value is -2.22. The Labute approximate surface area is 114 Å². The summed E-state index contributed by atoms with van der Waals surface area (Å²) in [5.74, 6) is -0.693. The number of fused-ring (bicyclic) bond motifs is 1. The number of carbonyl (C=O) groups excluding carboxylic acids is 1. The number of nitro groups is 1. The van der Waals surface area contributed by atoms with Gasteiger partial charge in [-0.15, -0.1) is 0 Å². The number of carbonyl (C=O) groups is 1. The van der Waals surface area contributed by atoms with Crippen molar-refractivity contribution in [1.82, 2.24) is 4.31 Å². The molecule has 1 aliphatic heterocycles. The number of β-lactam (4-membered cyclic amide) rings is 1. The molecule has 1 aromatic rings. The highest BCUT2D eigenvalue weighted by Gasteiger charge is 2.53. The van der Waals surface area contributed by atoms with E-state index in [0.29, 0.717) is 6.42 Å². The van der Waals surface area contributed by atoms with Gasteiger partial charge in [-0.3, -0.25) is 14.9 Å². The van der Waals surface area contributed by atoms with Crippen molar-refractivity contribution in [1.29, 1.82) is 0 Å². The van der Waals surface area contributed by atoms with Crippen molar-refractivity contribution in [3.8, 4) is 0 Å². The lowest BCUT2D eigenvalue weighted by Crippen LogP contribution is -2.60. The van der Waals surface area contributed by atoms with Gasteiger partial charge in [0.15, 0.2) is 0 Å². The fraction of sp³-hybridized carbons (Fsp3) is 0.250. The zero-order chi connectivity index (χ0) is 14.5. The van der Waals surface area contributed by atoms with E-state index in [1.165, 1.54) is 0 Å². The highest BCUT2D eigenvalue weighted by Crippen LogP contribution is 2.39. The van der Waals surface area contributed by atoms with Crippen molar-refractivity contribution in [3.63, 3.8) is 0 Å². The van der Waals surface area contributed by atoms with Crippen molar-refractivity contribution in [2.75, 3.05) is 0 Å². The number of allylic oxidation sites excluding steroid dienone is 1. The fourth-order valence-electron chi connectivity index (χ4n) is 2.49. The van der Waals surface area contributed by atoms with E-state index in [2.05, 4.69) is 0 Å². The molecule has 7 nitrogen and oxygen atoms in total. The van der Waals surface area contributed by atoms with Crippen LogP contribution in [-0.2, 0) is 14.8 Å². The largest absolute Gasteiger partial charge is 0.273 e. The van der Waals surface area contributed by atoms with Gasteiger partial charge in [-0.25, -0.2) is 12.7 Å². The number of non-ortho nitro benzene ring substituents is 1. The molecule has 0 N–H and O–H groups in total. The molecule has 8 heteroatoms. The first-order chi connectivity index (χ1) is 9.43. The molecule has 0 bridgehead atoms. The Morgan fingerprint density at radius 1 is 1.25 bits per heavy atom. The lowest BCUT2D eigenvalue weighted by Gasteiger charge is -2.41. The van der Waals surface area contributed by atoms with Crippen LogP contribution in [-0.4, -0.2) is 29.6 Å². The first-order valence-corrected chi connectivity index (χ1v) is 7.36. The van der Waals surface area contributed by atoms with Crippen LogP contribution in [0.4, 0.5) is 5.69 Å². The molecule has 3 rings (SSSR count). The maximum atomic E-state index is 12.4. The van der Waals surface area contributed by atoms with Gasteiger partial charge in [-0.05, 0) is 18.6 Å². The Morgan fingerprint density at radius 2 is 1.90 bits per heavy atom. The summed E-state index contributed by atoms with van der Waals surface area (Å²) in [5.41, 5.74) is -0.197. The lowest BCUT2D eigenvalue weighted by molar-refractivity contribution is -0.384. The number of hydrogen-bond acceptors (Lipinski definition) is 5. The topological polar surface area (TPSA) is 97.6 Å². The van der Waals surface area contributed by atoms with Gasteiger partial charge in [0.05, 0.1) is 21.8 Å².